The lowest BCUT2D eigenvalue weighted by molar-refractivity contribution is 0.0990. The predicted octanol–water partition coefficient (Wildman–Crippen LogP) is 6.53. The monoisotopic (exact) mass is 424 g/mol. The van der Waals surface area contributed by atoms with Gasteiger partial charge >= 0.3 is 0 Å². The van der Waals surface area contributed by atoms with E-state index in [-0.39, 0.29) is 17.1 Å². The Morgan fingerprint density at radius 2 is 1.39 bits per heavy atom. The molecule has 0 aliphatic heterocycles. The fourth-order valence-corrected chi connectivity index (χ4v) is 3.97. The van der Waals surface area contributed by atoms with Gasteiger partial charge in [0.1, 0.15) is 12.4 Å². The summed E-state index contributed by atoms with van der Waals surface area (Å²) < 4.78 is 6.12. The van der Waals surface area contributed by atoms with Crippen LogP contribution < -0.4 is 4.74 Å². The van der Waals surface area contributed by atoms with E-state index in [1.54, 1.807) is 30.3 Å². The fourth-order valence-electron chi connectivity index (χ4n) is 3.84. The number of allylic oxidation sites excluding steroid dienone is 1. The molecule has 4 aromatic rings. The topological polar surface area (TPSA) is 43.4 Å². The van der Waals surface area contributed by atoms with Crippen molar-refractivity contribution in [1.29, 1.82) is 0 Å². The first kappa shape index (κ1) is 19.3. The molecule has 0 unspecified atom stereocenters. The molecule has 0 saturated carbocycles. The number of hydrogen-bond donors (Lipinski definition) is 0. The Morgan fingerprint density at radius 3 is 2.10 bits per heavy atom. The van der Waals surface area contributed by atoms with E-state index in [4.69, 9.17) is 16.3 Å². The van der Waals surface area contributed by atoms with Gasteiger partial charge in [-0.15, -0.1) is 0 Å². The lowest BCUT2D eigenvalue weighted by Crippen LogP contribution is -2.02. The number of halogens is 1. The molecule has 5 rings (SSSR count). The van der Waals surface area contributed by atoms with Crippen LogP contribution in [0.15, 0.2) is 90.5 Å². The van der Waals surface area contributed by atoms with Crippen LogP contribution in [-0.2, 0) is 6.61 Å². The van der Waals surface area contributed by atoms with Crippen LogP contribution in [-0.4, -0.2) is 11.6 Å². The minimum atomic E-state index is -0.253. The number of fused-ring (bicyclic) bond motifs is 2. The smallest absolute Gasteiger partial charge is 0.197 e. The summed E-state index contributed by atoms with van der Waals surface area (Å²) in [5, 5.41) is 2.58. The van der Waals surface area contributed by atoms with Gasteiger partial charge in [0.25, 0.3) is 0 Å². The Balaban J connectivity index is 1.59. The van der Waals surface area contributed by atoms with Crippen LogP contribution in [0.5, 0.6) is 5.75 Å². The molecule has 0 heterocycles. The first-order valence-electron chi connectivity index (χ1n) is 9.91. The van der Waals surface area contributed by atoms with E-state index >= 15 is 0 Å². The molecule has 0 bridgehead atoms. The van der Waals surface area contributed by atoms with E-state index < -0.39 is 0 Å². The molecule has 0 atom stereocenters. The van der Waals surface area contributed by atoms with E-state index in [2.05, 4.69) is 0 Å². The van der Waals surface area contributed by atoms with Gasteiger partial charge in [-0.1, -0.05) is 78.3 Å². The van der Waals surface area contributed by atoms with Crippen molar-refractivity contribution in [3.63, 3.8) is 0 Å². The van der Waals surface area contributed by atoms with E-state index in [0.29, 0.717) is 28.5 Å². The lowest BCUT2D eigenvalue weighted by Gasteiger charge is -2.13. The van der Waals surface area contributed by atoms with Gasteiger partial charge in [-0.05, 0) is 40.6 Å². The highest BCUT2D eigenvalue weighted by atomic mass is 35.5. The highest BCUT2D eigenvalue weighted by molar-refractivity contribution is 6.41. The molecule has 0 spiro atoms. The van der Waals surface area contributed by atoms with Crippen LogP contribution in [0, 0.1) is 0 Å². The summed E-state index contributed by atoms with van der Waals surface area (Å²) in [6.45, 7) is 0.341. The van der Waals surface area contributed by atoms with Crippen molar-refractivity contribution in [3.8, 4) is 5.75 Å². The molecule has 0 saturated heterocycles. The summed E-state index contributed by atoms with van der Waals surface area (Å²) in [6.07, 6.45) is 1.67. The summed E-state index contributed by atoms with van der Waals surface area (Å²) in [6, 6.07) is 26.1. The van der Waals surface area contributed by atoms with Crippen LogP contribution in [0.1, 0.15) is 31.8 Å². The normalized spacial score (nSPS) is 12.9. The minimum Gasteiger partial charge on any atom is -0.488 e. The highest BCUT2D eigenvalue weighted by Gasteiger charge is 2.32. The zero-order valence-electron chi connectivity index (χ0n) is 16.5. The summed E-state index contributed by atoms with van der Waals surface area (Å²) in [5.74, 6) is 0.104. The molecule has 150 valence electrons. The Bertz CT molecular complexity index is 1330. The lowest BCUT2D eigenvalue weighted by atomic mass is 9.99. The molecule has 31 heavy (non-hydrogen) atoms. The van der Waals surface area contributed by atoms with Crippen molar-refractivity contribution < 1.29 is 14.3 Å². The maximum atomic E-state index is 12.9. The quantitative estimate of drug-likeness (QED) is 0.276. The summed E-state index contributed by atoms with van der Waals surface area (Å²) in [7, 11) is 0. The molecule has 4 heteroatoms. The van der Waals surface area contributed by atoms with Crippen LogP contribution in [0.4, 0.5) is 0 Å². The van der Waals surface area contributed by atoms with Crippen LogP contribution in [0.3, 0.4) is 0 Å². The zero-order valence-corrected chi connectivity index (χ0v) is 17.2. The summed E-state index contributed by atoms with van der Waals surface area (Å²) >= 11 is 5.97. The average molecular weight is 425 g/mol. The van der Waals surface area contributed by atoms with Crippen molar-refractivity contribution in [2.45, 2.75) is 6.61 Å². The molecule has 0 fully saturated rings. The molecule has 4 aromatic carbocycles. The van der Waals surface area contributed by atoms with Gasteiger partial charge in [-0.2, -0.15) is 0 Å². The second-order valence-corrected chi connectivity index (χ2v) is 7.81. The van der Waals surface area contributed by atoms with Gasteiger partial charge in [0.2, 0.25) is 0 Å². The second kappa shape index (κ2) is 7.86. The Kier molecular flexibility index (Phi) is 4.89. The number of Topliss-reactive ketones (excluding diaryl/α,β-unsaturated/α-hetero) is 2. The van der Waals surface area contributed by atoms with Crippen molar-refractivity contribution in [2.75, 3.05) is 0 Å². The van der Waals surface area contributed by atoms with Crippen molar-refractivity contribution >= 4 is 40.0 Å². The van der Waals surface area contributed by atoms with Gasteiger partial charge in [-0.25, -0.2) is 0 Å². The standard InChI is InChI=1S/C27H17ClO3/c28-19-12-9-17(10-13-19)16-31-25-14-11-18-5-1-2-6-20(18)23(25)15-24-26(29)21-7-3-4-8-22(21)27(24)30/h1-15H,16H2. The largest absolute Gasteiger partial charge is 0.488 e. The summed E-state index contributed by atoms with van der Waals surface area (Å²) in [5.41, 5.74) is 2.74. The number of carbonyl (C=O) groups is 2. The molecule has 1 aliphatic rings. The molecule has 1 aliphatic carbocycles. The van der Waals surface area contributed by atoms with Crippen LogP contribution in [0.25, 0.3) is 16.8 Å². The summed E-state index contributed by atoms with van der Waals surface area (Å²) in [4.78, 5) is 25.9. The van der Waals surface area contributed by atoms with E-state index in [1.807, 2.05) is 60.7 Å². The van der Waals surface area contributed by atoms with Gasteiger partial charge in [0.05, 0.1) is 5.57 Å². The number of ketones is 2. The van der Waals surface area contributed by atoms with Crippen LogP contribution >= 0.6 is 11.6 Å². The highest BCUT2D eigenvalue weighted by Crippen LogP contribution is 2.34. The van der Waals surface area contributed by atoms with Crippen molar-refractivity contribution in [3.05, 3.63) is 118 Å². The molecule has 0 aromatic heterocycles. The van der Waals surface area contributed by atoms with Crippen molar-refractivity contribution in [1.82, 2.24) is 0 Å². The number of carbonyl (C=O) groups excluding carboxylic acids is 2. The van der Waals surface area contributed by atoms with Crippen LogP contribution in [0.2, 0.25) is 5.02 Å². The van der Waals surface area contributed by atoms with Gasteiger partial charge in [-0.3, -0.25) is 9.59 Å². The number of benzene rings is 4. The first-order chi connectivity index (χ1) is 15.1. The van der Waals surface area contributed by atoms with E-state index in [1.165, 1.54) is 0 Å². The maximum absolute atomic E-state index is 12.9. The Morgan fingerprint density at radius 1 is 0.742 bits per heavy atom. The van der Waals surface area contributed by atoms with Gasteiger partial charge in [0, 0.05) is 21.7 Å². The number of ether oxygens (including phenoxy) is 1. The third kappa shape index (κ3) is 3.54. The minimum absolute atomic E-state index is 0.161. The third-order valence-electron chi connectivity index (χ3n) is 5.43. The third-order valence-corrected chi connectivity index (χ3v) is 5.68. The number of hydrogen-bond acceptors (Lipinski definition) is 3. The zero-order chi connectivity index (χ0) is 21.4. The molecule has 0 amide bonds. The Labute approximate surface area is 184 Å². The van der Waals surface area contributed by atoms with Crippen molar-refractivity contribution in [2.24, 2.45) is 0 Å². The molecule has 0 N–H and O–H groups in total. The second-order valence-electron chi connectivity index (χ2n) is 7.38. The Hall–Kier alpha value is -3.69. The molecule has 3 nitrogen and oxygen atoms in total. The first-order valence-corrected chi connectivity index (χ1v) is 10.3. The molecule has 0 radical (unpaired) electrons. The van der Waals surface area contributed by atoms with Gasteiger partial charge in [0.15, 0.2) is 11.6 Å². The SMILES string of the molecule is O=C1C(=Cc2c(OCc3ccc(Cl)cc3)ccc3ccccc23)C(=O)c2ccccc21. The molecular weight excluding hydrogens is 408 g/mol. The van der Waals surface area contributed by atoms with Gasteiger partial charge < -0.3 is 4.74 Å². The van der Waals surface area contributed by atoms with E-state index in [0.717, 1.165) is 21.9 Å². The van der Waals surface area contributed by atoms with E-state index in [9.17, 15) is 9.59 Å². The fraction of sp³-hybridized carbons (Fsp3) is 0.0370. The predicted molar refractivity (Wildman–Crippen MR) is 123 cm³/mol. The number of rotatable bonds is 4. The molecular formula is C27H17ClO3. The maximum Gasteiger partial charge on any atom is 0.197 e. The average Bonchev–Trinajstić information content (AvgIpc) is 3.04.